The molecular weight excluding hydrogens is 328 g/mol. The lowest BCUT2D eigenvalue weighted by atomic mass is 9.94. The highest BCUT2D eigenvalue weighted by Gasteiger charge is 2.26. The fraction of sp³-hybridized carbons (Fsp3) is 0.545. The quantitative estimate of drug-likeness (QED) is 0.429. The van der Waals surface area contributed by atoms with E-state index in [1.807, 2.05) is 30.3 Å². The Hall–Kier alpha value is -1.62. The van der Waals surface area contributed by atoms with E-state index in [1.54, 1.807) is 14.2 Å². The van der Waals surface area contributed by atoms with E-state index in [4.69, 9.17) is 18.9 Å². The number of ether oxygens (including phenoxy) is 4. The normalized spacial score (nSPS) is 23.6. The van der Waals surface area contributed by atoms with Crippen molar-refractivity contribution in [3.8, 4) is 5.75 Å². The minimum Gasteiger partial charge on any atom is -0.497 e. The van der Waals surface area contributed by atoms with Crippen LogP contribution in [0.2, 0.25) is 0 Å². The SMILES string of the molecule is C=CC[C@@H]1C=C[C@H](C)[C@@H](C[C@H](CCOCc2ccc(OC)cc2)OC)O1. The van der Waals surface area contributed by atoms with Crippen molar-refractivity contribution in [3.63, 3.8) is 0 Å². The summed E-state index contributed by atoms with van der Waals surface area (Å²) in [4.78, 5) is 0. The summed E-state index contributed by atoms with van der Waals surface area (Å²) in [5.41, 5.74) is 1.14. The summed E-state index contributed by atoms with van der Waals surface area (Å²) < 4.78 is 22.8. The largest absolute Gasteiger partial charge is 0.497 e. The van der Waals surface area contributed by atoms with Crippen molar-refractivity contribution >= 4 is 0 Å². The van der Waals surface area contributed by atoms with Crippen LogP contribution in [0.5, 0.6) is 5.75 Å². The van der Waals surface area contributed by atoms with E-state index in [0.29, 0.717) is 19.1 Å². The van der Waals surface area contributed by atoms with Gasteiger partial charge in [-0.05, 0) is 30.5 Å². The smallest absolute Gasteiger partial charge is 0.118 e. The van der Waals surface area contributed by atoms with Gasteiger partial charge < -0.3 is 18.9 Å². The molecule has 4 atom stereocenters. The van der Waals surface area contributed by atoms with E-state index in [9.17, 15) is 0 Å². The molecule has 0 radical (unpaired) electrons. The molecule has 26 heavy (non-hydrogen) atoms. The Kier molecular flexibility index (Phi) is 8.89. The Bertz CT molecular complexity index is 552. The zero-order valence-electron chi connectivity index (χ0n) is 16.2. The van der Waals surface area contributed by atoms with Gasteiger partial charge in [0.25, 0.3) is 0 Å². The van der Waals surface area contributed by atoms with Crippen LogP contribution in [0.25, 0.3) is 0 Å². The van der Waals surface area contributed by atoms with E-state index in [-0.39, 0.29) is 18.3 Å². The summed E-state index contributed by atoms with van der Waals surface area (Å²) in [5.74, 6) is 1.26. The molecule has 0 saturated heterocycles. The highest BCUT2D eigenvalue weighted by molar-refractivity contribution is 5.26. The van der Waals surface area contributed by atoms with E-state index < -0.39 is 0 Å². The van der Waals surface area contributed by atoms with Crippen LogP contribution in [0, 0.1) is 5.92 Å². The number of methoxy groups -OCH3 is 2. The Morgan fingerprint density at radius 2 is 1.96 bits per heavy atom. The van der Waals surface area contributed by atoms with Crippen LogP contribution in [-0.2, 0) is 20.8 Å². The first kappa shape index (κ1) is 20.7. The van der Waals surface area contributed by atoms with Crippen molar-refractivity contribution in [1.29, 1.82) is 0 Å². The second kappa shape index (κ2) is 11.2. The van der Waals surface area contributed by atoms with Crippen molar-refractivity contribution < 1.29 is 18.9 Å². The van der Waals surface area contributed by atoms with Gasteiger partial charge in [0.2, 0.25) is 0 Å². The van der Waals surface area contributed by atoms with Gasteiger partial charge in [0.1, 0.15) is 5.75 Å². The van der Waals surface area contributed by atoms with Crippen molar-refractivity contribution in [2.75, 3.05) is 20.8 Å². The molecule has 4 heteroatoms. The minimum atomic E-state index is 0.134. The van der Waals surface area contributed by atoms with Gasteiger partial charge in [0.15, 0.2) is 0 Å². The maximum atomic E-state index is 6.18. The number of rotatable bonds is 11. The molecular formula is C22H32O4. The lowest BCUT2D eigenvalue weighted by Gasteiger charge is -2.32. The van der Waals surface area contributed by atoms with E-state index in [2.05, 4.69) is 25.7 Å². The van der Waals surface area contributed by atoms with Gasteiger partial charge in [0.05, 0.1) is 32.0 Å². The van der Waals surface area contributed by atoms with Crippen molar-refractivity contribution in [2.24, 2.45) is 5.92 Å². The minimum absolute atomic E-state index is 0.134. The zero-order chi connectivity index (χ0) is 18.8. The summed E-state index contributed by atoms with van der Waals surface area (Å²) in [6.07, 6.45) is 9.32. The molecule has 1 aromatic carbocycles. The van der Waals surface area contributed by atoms with Crippen LogP contribution in [-0.4, -0.2) is 39.1 Å². The summed E-state index contributed by atoms with van der Waals surface area (Å²) in [7, 11) is 3.43. The van der Waals surface area contributed by atoms with Gasteiger partial charge in [-0.15, -0.1) is 6.58 Å². The Morgan fingerprint density at radius 3 is 2.62 bits per heavy atom. The second-order valence-electron chi connectivity index (χ2n) is 6.76. The van der Waals surface area contributed by atoms with Crippen LogP contribution in [0.15, 0.2) is 49.1 Å². The lowest BCUT2D eigenvalue weighted by molar-refractivity contribution is -0.0550. The van der Waals surface area contributed by atoms with Gasteiger partial charge >= 0.3 is 0 Å². The molecule has 1 heterocycles. The number of hydrogen-bond donors (Lipinski definition) is 0. The lowest BCUT2D eigenvalue weighted by Crippen LogP contribution is -2.34. The van der Waals surface area contributed by atoms with Crippen molar-refractivity contribution in [1.82, 2.24) is 0 Å². The predicted octanol–water partition coefficient (Wildman–Crippen LogP) is 4.54. The fourth-order valence-electron chi connectivity index (χ4n) is 3.10. The fourth-order valence-corrected chi connectivity index (χ4v) is 3.10. The molecule has 0 unspecified atom stereocenters. The first-order chi connectivity index (χ1) is 12.7. The molecule has 0 aliphatic carbocycles. The van der Waals surface area contributed by atoms with Crippen molar-refractivity contribution in [2.45, 2.75) is 51.1 Å². The summed E-state index contributed by atoms with van der Waals surface area (Å²) >= 11 is 0. The monoisotopic (exact) mass is 360 g/mol. The molecule has 1 aliphatic heterocycles. The van der Waals surface area contributed by atoms with Gasteiger partial charge in [-0.3, -0.25) is 0 Å². The van der Waals surface area contributed by atoms with E-state index in [0.717, 1.165) is 30.6 Å². The molecule has 0 spiro atoms. The third-order valence-corrected chi connectivity index (χ3v) is 4.80. The van der Waals surface area contributed by atoms with Crippen LogP contribution < -0.4 is 4.74 Å². The molecule has 0 aromatic heterocycles. The third-order valence-electron chi connectivity index (χ3n) is 4.80. The van der Waals surface area contributed by atoms with E-state index in [1.165, 1.54) is 0 Å². The van der Waals surface area contributed by atoms with E-state index >= 15 is 0 Å². The predicted molar refractivity (Wildman–Crippen MR) is 104 cm³/mol. The molecule has 144 valence electrons. The first-order valence-electron chi connectivity index (χ1n) is 9.34. The molecule has 4 nitrogen and oxygen atoms in total. The first-order valence-corrected chi connectivity index (χ1v) is 9.34. The molecule has 0 fully saturated rings. The van der Waals surface area contributed by atoms with Crippen LogP contribution in [0.1, 0.15) is 31.7 Å². The second-order valence-corrected chi connectivity index (χ2v) is 6.76. The van der Waals surface area contributed by atoms with Crippen LogP contribution in [0.3, 0.4) is 0 Å². The maximum absolute atomic E-state index is 6.18. The third kappa shape index (κ3) is 6.60. The highest BCUT2D eigenvalue weighted by atomic mass is 16.5. The van der Waals surface area contributed by atoms with Crippen LogP contribution >= 0.6 is 0 Å². The molecule has 1 aliphatic rings. The standard InChI is InChI=1S/C22H32O4/c1-5-6-20-10-7-17(2)22(26-20)15-21(24-4)13-14-25-16-18-8-11-19(23-3)12-9-18/h5,7-12,17,20-22H,1,6,13-16H2,2-4H3/t17-,20+,21-,22+/m0/s1. The van der Waals surface area contributed by atoms with Gasteiger partial charge in [0, 0.05) is 26.1 Å². The molecule has 0 N–H and O–H groups in total. The van der Waals surface area contributed by atoms with Gasteiger partial charge in [-0.2, -0.15) is 0 Å². The Morgan fingerprint density at radius 1 is 1.19 bits per heavy atom. The topological polar surface area (TPSA) is 36.9 Å². The average Bonchev–Trinajstić information content (AvgIpc) is 2.67. The molecule has 2 rings (SSSR count). The number of benzene rings is 1. The van der Waals surface area contributed by atoms with Gasteiger partial charge in [-0.1, -0.05) is 37.3 Å². The highest BCUT2D eigenvalue weighted by Crippen LogP contribution is 2.25. The van der Waals surface area contributed by atoms with Gasteiger partial charge in [-0.25, -0.2) is 0 Å². The van der Waals surface area contributed by atoms with Crippen LogP contribution in [0.4, 0.5) is 0 Å². The Balaban J connectivity index is 1.72. The maximum Gasteiger partial charge on any atom is 0.118 e. The summed E-state index contributed by atoms with van der Waals surface area (Å²) in [5, 5.41) is 0. The number of hydrogen-bond acceptors (Lipinski definition) is 4. The Labute approximate surface area is 157 Å². The summed E-state index contributed by atoms with van der Waals surface area (Å²) in [6, 6.07) is 7.95. The van der Waals surface area contributed by atoms with Crippen molar-refractivity contribution in [3.05, 3.63) is 54.6 Å². The average molecular weight is 360 g/mol. The summed E-state index contributed by atoms with van der Waals surface area (Å²) in [6.45, 7) is 7.25. The molecule has 1 aromatic rings. The zero-order valence-corrected chi connectivity index (χ0v) is 16.2. The molecule has 0 saturated carbocycles. The molecule has 0 bridgehead atoms. The molecule has 0 amide bonds.